The molecule has 2 heterocycles. The second-order valence-corrected chi connectivity index (χ2v) is 5.80. The first-order valence-electron chi connectivity index (χ1n) is 8.10. The van der Waals surface area contributed by atoms with E-state index >= 15 is 0 Å². The Hall–Kier alpha value is -1.94. The van der Waals surface area contributed by atoms with E-state index in [1.807, 2.05) is 6.07 Å². The second kappa shape index (κ2) is 7.36. The number of benzene rings is 1. The van der Waals surface area contributed by atoms with Crippen molar-refractivity contribution < 1.29 is 4.74 Å². The van der Waals surface area contributed by atoms with Crippen LogP contribution in [0.1, 0.15) is 25.3 Å². The van der Waals surface area contributed by atoms with Gasteiger partial charge >= 0.3 is 0 Å². The fourth-order valence-electron chi connectivity index (χ4n) is 2.73. The van der Waals surface area contributed by atoms with Crippen LogP contribution >= 0.6 is 0 Å². The Bertz CT molecular complexity index is 592. The number of nitrogens with one attached hydrogen (secondary N) is 1. The summed E-state index contributed by atoms with van der Waals surface area (Å²) in [7, 11) is 0. The van der Waals surface area contributed by atoms with Gasteiger partial charge in [-0.2, -0.15) is 0 Å². The van der Waals surface area contributed by atoms with E-state index in [9.17, 15) is 0 Å². The molecule has 1 saturated heterocycles. The van der Waals surface area contributed by atoms with Gasteiger partial charge in [-0.05, 0) is 49.9 Å². The lowest BCUT2D eigenvalue weighted by Gasteiger charge is -2.22. The molecule has 1 aromatic carbocycles. The van der Waals surface area contributed by atoms with E-state index < -0.39 is 0 Å². The quantitative estimate of drug-likeness (QED) is 0.921. The topological polar surface area (TPSA) is 47.0 Å². The fraction of sp³-hybridized carbons (Fsp3) is 0.444. The lowest BCUT2D eigenvalue weighted by Crippen LogP contribution is -2.30. The van der Waals surface area contributed by atoms with E-state index in [1.54, 1.807) is 12.4 Å². The Morgan fingerprint density at radius 3 is 2.68 bits per heavy atom. The van der Waals surface area contributed by atoms with Gasteiger partial charge in [0.25, 0.3) is 0 Å². The monoisotopic (exact) mass is 297 g/mol. The van der Waals surface area contributed by atoms with Crippen molar-refractivity contribution in [3.05, 3.63) is 42.2 Å². The standard InChI is InChI=1S/C18H23N3O/c1-2-14-4-3-5-16(10-14)18-20-11-17(12-21-18)22-13-15-6-8-19-9-7-15/h3-5,10-12,15,19H,2,6-9,13H2,1H3. The predicted octanol–water partition coefficient (Wildman–Crippen LogP) is 3.08. The molecule has 0 spiro atoms. The van der Waals surface area contributed by atoms with E-state index in [-0.39, 0.29) is 0 Å². The van der Waals surface area contributed by atoms with Crippen LogP contribution in [0.15, 0.2) is 36.7 Å². The van der Waals surface area contributed by atoms with Crippen LogP contribution in [0.4, 0.5) is 0 Å². The molecule has 1 aliphatic heterocycles. The lowest BCUT2D eigenvalue weighted by atomic mass is 9.99. The molecule has 0 amide bonds. The van der Waals surface area contributed by atoms with Crippen molar-refractivity contribution in [1.82, 2.24) is 15.3 Å². The van der Waals surface area contributed by atoms with Crippen molar-refractivity contribution in [3.8, 4) is 17.1 Å². The number of ether oxygens (including phenoxy) is 1. The maximum absolute atomic E-state index is 5.83. The minimum absolute atomic E-state index is 0.641. The molecule has 0 saturated carbocycles. The first kappa shape index (κ1) is 15.0. The van der Waals surface area contributed by atoms with Crippen molar-refractivity contribution in [1.29, 1.82) is 0 Å². The number of hydrogen-bond acceptors (Lipinski definition) is 4. The van der Waals surface area contributed by atoms with E-state index in [0.29, 0.717) is 5.92 Å². The third-order valence-corrected chi connectivity index (χ3v) is 4.17. The molecule has 0 atom stereocenters. The summed E-state index contributed by atoms with van der Waals surface area (Å²) < 4.78 is 5.83. The molecule has 0 aliphatic carbocycles. The smallest absolute Gasteiger partial charge is 0.159 e. The van der Waals surface area contributed by atoms with Crippen molar-refractivity contribution in [2.45, 2.75) is 26.2 Å². The zero-order valence-electron chi connectivity index (χ0n) is 13.1. The molecule has 1 aromatic heterocycles. The molecule has 1 N–H and O–H groups in total. The minimum atomic E-state index is 0.641. The molecule has 116 valence electrons. The van der Waals surface area contributed by atoms with E-state index in [1.165, 1.54) is 18.4 Å². The molecule has 4 nitrogen and oxygen atoms in total. The summed E-state index contributed by atoms with van der Waals surface area (Å²) in [6.07, 6.45) is 6.95. The Morgan fingerprint density at radius 1 is 1.18 bits per heavy atom. The van der Waals surface area contributed by atoms with E-state index in [2.05, 4.69) is 40.4 Å². The van der Waals surface area contributed by atoms with Crippen LogP contribution in [0, 0.1) is 5.92 Å². The van der Waals surface area contributed by atoms with Gasteiger partial charge in [-0.15, -0.1) is 0 Å². The van der Waals surface area contributed by atoms with Gasteiger partial charge in [-0.3, -0.25) is 0 Å². The second-order valence-electron chi connectivity index (χ2n) is 5.80. The van der Waals surface area contributed by atoms with Crippen LogP contribution < -0.4 is 10.1 Å². The van der Waals surface area contributed by atoms with Gasteiger partial charge in [0, 0.05) is 5.56 Å². The Labute approximate surface area is 132 Å². The van der Waals surface area contributed by atoms with Crippen molar-refractivity contribution >= 4 is 0 Å². The van der Waals surface area contributed by atoms with Gasteiger partial charge in [0.05, 0.1) is 19.0 Å². The molecule has 4 heteroatoms. The number of piperidine rings is 1. The van der Waals surface area contributed by atoms with Crippen LogP contribution in [0.25, 0.3) is 11.4 Å². The largest absolute Gasteiger partial charge is 0.490 e. The summed E-state index contributed by atoms with van der Waals surface area (Å²) >= 11 is 0. The third-order valence-electron chi connectivity index (χ3n) is 4.17. The number of rotatable bonds is 5. The van der Waals surface area contributed by atoms with Crippen LogP contribution in [0.5, 0.6) is 5.75 Å². The summed E-state index contributed by atoms with van der Waals surface area (Å²) in [4.78, 5) is 8.88. The zero-order chi connectivity index (χ0) is 15.2. The minimum Gasteiger partial charge on any atom is -0.490 e. The highest BCUT2D eigenvalue weighted by Crippen LogP contribution is 2.19. The molecule has 0 unspecified atom stereocenters. The van der Waals surface area contributed by atoms with Gasteiger partial charge in [0.15, 0.2) is 11.6 Å². The zero-order valence-corrected chi connectivity index (χ0v) is 13.1. The molecule has 3 rings (SSSR count). The van der Waals surface area contributed by atoms with Crippen LogP contribution in [0.2, 0.25) is 0 Å². The molecule has 1 fully saturated rings. The maximum atomic E-state index is 5.83. The summed E-state index contributed by atoms with van der Waals surface area (Å²) in [5, 5.41) is 3.37. The SMILES string of the molecule is CCc1cccc(-c2ncc(OCC3CCNCC3)cn2)c1. The van der Waals surface area contributed by atoms with Gasteiger partial charge in [0.2, 0.25) is 0 Å². The first-order valence-corrected chi connectivity index (χ1v) is 8.10. The molecular weight excluding hydrogens is 274 g/mol. The van der Waals surface area contributed by atoms with E-state index in [4.69, 9.17) is 4.74 Å². The summed E-state index contributed by atoms with van der Waals surface area (Å²) in [6, 6.07) is 8.37. The Kier molecular flexibility index (Phi) is 5.01. The highest BCUT2D eigenvalue weighted by Gasteiger charge is 2.13. The van der Waals surface area contributed by atoms with Crippen LogP contribution in [0.3, 0.4) is 0 Å². The number of hydrogen-bond donors (Lipinski definition) is 1. The maximum Gasteiger partial charge on any atom is 0.159 e. The average molecular weight is 297 g/mol. The van der Waals surface area contributed by atoms with Gasteiger partial charge in [0.1, 0.15) is 0 Å². The number of aromatic nitrogens is 2. The number of nitrogens with zero attached hydrogens (tertiary/aromatic N) is 2. The summed E-state index contributed by atoms with van der Waals surface area (Å²) in [5.41, 5.74) is 2.36. The Balaban J connectivity index is 1.61. The van der Waals surface area contributed by atoms with Gasteiger partial charge < -0.3 is 10.1 Å². The average Bonchev–Trinajstić information content (AvgIpc) is 2.61. The normalized spacial score (nSPS) is 15.7. The first-order chi connectivity index (χ1) is 10.8. The lowest BCUT2D eigenvalue weighted by molar-refractivity contribution is 0.214. The molecule has 0 bridgehead atoms. The Morgan fingerprint density at radius 2 is 1.95 bits per heavy atom. The molecule has 0 radical (unpaired) electrons. The number of aryl methyl sites for hydroxylation is 1. The highest BCUT2D eigenvalue weighted by atomic mass is 16.5. The van der Waals surface area contributed by atoms with Crippen LogP contribution in [-0.2, 0) is 6.42 Å². The molecule has 2 aromatic rings. The van der Waals surface area contributed by atoms with E-state index in [0.717, 1.165) is 43.3 Å². The van der Waals surface area contributed by atoms with Gasteiger partial charge in [-0.1, -0.05) is 25.1 Å². The predicted molar refractivity (Wildman–Crippen MR) is 87.9 cm³/mol. The van der Waals surface area contributed by atoms with Crippen molar-refractivity contribution in [3.63, 3.8) is 0 Å². The highest BCUT2D eigenvalue weighted by molar-refractivity contribution is 5.56. The summed E-state index contributed by atoms with van der Waals surface area (Å²) in [6.45, 7) is 5.10. The molecular formula is C18H23N3O. The van der Waals surface area contributed by atoms with Gasteiger partial charge in [-0.25, -0.2) is 9.97 Å². The van der Waals surface area contributed by atoms with Crippen molar-refractivity contribution in [2.24, 2.45) is 5.92 Å². The van der Waals surface area contributed by atoms with Crippen LogP contribution in [-0.4, -0.2) is 29.7 Å². The molecule has 22 heavy (non-hydrogen) atoms. The third kappa shape index (κ3) is 3.83. The van der Waals surface area contributed by atoms with Crippen molar-refractivity contribution in [2.75, 3.05) is 19.7 Å². The summed E-state index contributed by atoms with van der Waals surface area (Å²) in [5.74, 6) is 2.15. The fourth-order valence-corrected chi connectivity index (χ4v) is 2.73. The molecule has 1 aliphatic rings.